The normalized spacial score (nSPS) is 24.8. The number of hydrogen-bond donors (Lipinski definition) is 0. The topological polar surface area (TPSA) is 34.1 Å². The van der Waals surface area contributed by atoms with Crippen molar-refractivity contribution in [1.82, 2.24) is 0 Å². The van der Waals surface area contributed by atoms with Gasteiger partial charge in [-0.15, -0.1) is 11.6 Å². The van der Waals surface area contributed by atoms with Crippen LogP contribution < -0.4 is 0 Å². The van der Waals surface area contributed by atoms with E-state index in [0.29, 0.717) is 6.42 Å². The van der Waals surface area contributed by atoms with Gasteiger partial charge in [0.1, 0.15) is 0 Å². The van der Waals surface area contributed by atoms with E-state index in [-0.39, 0.29) is 22.8 Å². The van der Waals surface area contributed by atoms with Crippen molar-refractivity contribution in [2.24, 2.45) is 5.92 Å². The highest BCUT2D eigenvalue weighted by molar-refractivity contribution is 9.10. The minimum absolute atomic E-state index is 0.0437. The van der Waals surface area contributed by atoms with Crippen LogP contribution in [0, 0.1) is 12.8 Å². The third-order valence-electron chi connectivity index (χ3n) is 3.18. The highest BCUT2D eigenvalue weighted by Gasteiger charge is 2.33. The molecule has 0 spiro atoms. The molecule has 94 valence electrons. The minimum Gasteiger partial charge on any atom is -0.229 e. The van der Waals surface area contributed by atoms with Crippen LogP contribution in [-0.4, -0.2) is 19.9 Å². The van der Waals surface area contributed by atoms with Gasteiger partial charge in [-0.3, -0.25) is 0 Å². The Balaban J connectivity index is 2.20. The van der Waals surface area contributed by atoms with Gasteiger partial charge in [-0.1, -0.05) is 28.1 Å². The Morgan fingerprint density at radius 3 is 2.71 bits per heavy atom. The first-order valence-corrected chi connectivity index (χ1v) is 8.55. The maximum Gasteiger partial charge on any atom is 0.150 e. The number of hydrogen-bond acceptors (Lipinski definition) is 2. The molecule has 1 heterocycles. The van der Waals surface area contributed by atoms with Crippen LogP contribution >= 0.6 is 27.5 Å². The van der Waals surface area contributed by atoms with E-state index in [9.17, 15) is 8.42 Å². The smallest absolute Gasteiger partial charge is 0.150 e. The summed E-state index contributed by atoms with van der Waals surface area (Å²) in [5.74, 6) is 0.536. The summed E-state index contributed by atoms with van der Waals surface area (Å²) in [5.41, 5.74) is 2.13. The Kier molecular flexibility index (Phi) is 3.86. The fourth-order valence-electron chi connectivity index (χ4n) is 2.17. The van der Waals surface area contributed by atoms with Crippen LogP contribution in [0.15, 0.2) is 22.7 Å². The maximum absolute atomic E-state index is 11.4. The van der Waals surface area contributed by atoms with Crippen LogP contribution in [0.25, 0.3) is 0 Å². The van der Waals surface area contributed by atoms with Crippen molar-refractivity contribution in [1.29, 1.82) is 0 Å². The second-order valence-electron chi connectivity index (χ2n) is 4.57. The summed E-state index contributed by atoms with van der Waals surface area (Å²) in [6, 6.07) is 5.94. The lowest BCUT2D eigenvalue weighted by Gasteiger charge is -2.16. The third kappa shape index (κ3) is 3.04. The molecule has 2 atom stereocenters. The zero-order valence-electron chi connectivity index (χ0n) is 9.49. The fourth-order valence-corrected chi connectivity index (χ4v) is 4.71. The molecule has 2 nitrogen and oxygen atoms in total. The maximum atomic E-state index is 11.4. The van der Waals surface area contributed by atoms with Gasteiger partial charge in [0.25, 0.3) is 0 Å². The third-order valence-corrected chi connectivity index (χ3v) is 6.47. The van der Waals surface area contributed by atoms with Gasteiger partial charge in [0.15, 0.2) is 9.84 Å². The van der Waals surface area contributed by atoms with Crippen molar-refractivity contribution in [3.63, 3.8) is 0 Å². The first kappa shape index (κ1) is 13.4. The van der Waals surface area contributed by atoms with Crippen molar-refractivity contribution >= 4 is 37.4 Å². The minimum atomic E-state index is -2.86. The molecular formula is C12H14BrClO2S. The molecular weight excluding hydrogens is 324 g/mol. The first-order valence-electron chi connectivity index (χ1n) is 5.49. The number of aryl methyl sites for hydroxylation is 1. The Morgan fingerprint density at radius 2 is 2.18 bits per heavy atom. The molecule has 1 aliphatic heterocycles. The van der Waals surface area contributed by atoms with Gasteiger partial charge in [0.05, 0.1) is 16.9 Å². The molecule has 0 radical (unpaired) electrons. The van der Waals surface area contributed by atoms with Crippen LogP contribution in [0.3, 0.4) is 0 Å². The molecule has 0 bridgehead atoms. The molecule has 0 aromatic heterocycles. The van der Waals surface area contributed by atoms with E-state index < -0.39 is 9.84 Å². The number of halogens is 2. The predicted octanol–water partition coefficient (Wildman–Crippen LogP) is 3.47. The standard InChI is InChI=1S/C12H14BrClO2S/c1-8-6-9(2-3-11(8)13)12(14)10-4-5-17(15,16)7-10/h2-3,6,10,12H,4-5,7H2,1H3. The molecule has 0 aliphatic carbocycles. The molecule has 2 unspecified atom stereocenters. The number of benzene rings is 1. The van der Waals surface area contributed by atoms with Crippen LogP contribution in [0.4, 0.5) is 0 Å². The average molecular weight is 338 g/mol. The molecule has 0 N–H and O–H groups in total. The van der Waals surface area contributed by atoms with Gasteiger partial charge in [-0.25, -0.2) is 8.42 Å². The Hall–Kier alpha value is -0.0600. The van der Waals surface area contributed by atoms with E-state index in [1.807, 2.05) is 25.1 Å². The zero-order chi connectivity index (χ0) is 12.6. The molecule has 0 saturated carbocycles. The van der Waals surface area contributed by atoms with Gasteiger partial charge in [0.2, 0.25) is 0 Å². The van der Waals surface area contributed by atoms with Crippen LogP contribution in [0.5, 0.6) is 0 Å². The van der Waals surface area contributed by atoms with Gasteiger partial charge >= 0.3 is 0 Å². The summed E-state index contributed by atoms with van der Waals surface area (Å²) in [6.45, 7) is 2.00. The van der Waals surface area contributed by atoms with Gasteiger partial charge in [0, 0.05) is 4.47 Å². The zero-order valence-corrected chi connectivity index (χ0v) is 12.6. The molecule has 1 aliphatic rings. The summed E-state index contributed by atoms with van der Waals surface area (Å²) in [5, 5.41) is -0.209. The first-order chi connectivity index (χ1) is 7.89. The average Bonchev–Trinajstić information content (AvgIpc) is 2.62. The molecule has 0 amide bonds. The lowest BCUT2D eigenvalue weighted by atomic mass is 9.97. The summed E-state index contributed by atoms with van der Waals surface area (Å²) in [4.78, 5) is 0. The van der Waals surface area contributed by atoms with Crippen molar-refractivity contribution in [3.05, 3.63) is 33.8 Å². The lowest BCUT2D eigenvalue weighted by molar-refractivity contribution is 0.568. The second-order valence-corrected chi connectivity index (χ2v) is 8.13. The van der Waals surface area contributed by atoms with E-state index in [4.69, 9.17) is 11.6 Å². The Morgan fingerprint density at radius 1 is 1.47 bits per heavy atom. The van der Waals surface area contributed by atoms with Crippen molar-refractivity contribution < 1.29 is 8.42 Å². The monoisotopic (exact) mass is 336 g/mol. The van der Waals surface area contributed by atoms with Crippen molar-refractivity contribution in [3.8, 4) is 0 Å². The van der Waals surface area contributed by atoms with Crippen LogP contribution in [0.2, 0.25) is 0 Å². The van der Waals surface area contributed by atoms with Gasteiger partial charge in [-0.05, 0) is 36.5 Å². The summed E-state index contributed by atoms with van der Waals surface area (Å²) >= 11 is 9.83. The van der Waals surface area contributed by atoms with E-state index in [0.717, 1.165) is 15.6 Å². The summed E-state index contributed by atoms with van der Waals surface area (Å²) < 4.78 is 23.9. The SMILES string of the molecule is Cc1cc(C(Cl)C2CCS(=O)(=O)C2)ccc1Br. The highest BCUT2D eigenvalue weighted by atomic mass is 79.9. The number of rotatable bonds is 2. The molecule has 2 rings (SSSR count). The Labute approximate surface area is 115 Å². The molecule has 1 aromatic carbocycles. The van der Waals surface area contributed by atoms with Crippen molar-refractivity contribution in [2.45, 2.75) is 18.7 Å². The van der Waals surface area contributed by atoms with E-state index in [2.05, 4.69) is 15.9 Å². The van der Waals surface area contributed by atoms with Gasteiger partial charge < -0.3 is 0 Å². The largest absolute Gasteiger partial charge is 0.229 e. The van der Waals surface area contributed by atoms with E-state index in [1.165, 1.54) is 0 Å². The fraction of sp³-hybridized carbons (Fsp3) is 0.500. The molecule has 17 heavy (non-hydrogen) atoms. The lowest BCUT2D eigenvalue weighted by Crippen LogP contribution is -2.10. The second kappa shape index (κ2) is 4.90. The Bertz CT molecular complexity index is 527. The molecule has 1 saturated heterocycles. The quantitative estimate of drug-likeness (QED) is 0.774. The van der Waals surface area contributed by atoms with E-state index in [1.54, 1.807) is 0 Å². The van der Waals surface area contributed by atoms with Crippen LogP contribution in [-0.2, 0) is 9.84 Å². The summed E-state index contributed by atoms with van der Waals surface area (Å²) in [6.07, 6.45) is 0.672. The predicted molar refractivity (Wildman–Crippen MR) is 74.2 cm³/mol. The summed E-state index contributed by atoms with van der Waals surface area (Å²) in [7, 11) is -2.86. The highest BCUT2D eigenvalue weighted by Crippen LogP contribution is 2.37. The van der Waals surface area contributed by atoms with E-state index >= 15 is 0 Å². The van der Waals surface area contributed by atoms with Gasteiger partial charge in [-0.2, -0.15) is 0 Å². The number of alkyl halides is 1. The number of sulfone groups is 1. The molecule has 1 aromatic rings. The van der Waals surface area contributed by atoms with Crippen molar-refractivity contribution in [2.75, 3.05) is 11.5 Å². The molecule has 5 heteroatoms. The van der Waals surface area contributed by atoms with Crippen LogP contribution in [0.1, 0.15) is 22.9 Å². The molecule has 1 fully saturated rings.